The molecule has 0 aromatic rings. The zero-order chi connectivity index (χ0) is 8.27. The van der Waals surface area contributed by atoms with E-state index in [4.69, 9.17) is 5.73 Å². The minimum atomic E-state index is -0.117. The highest BCUT2D eigenvalue weighted by Gasteiger charge is 2.22. The van der Waals surface area contributed by atoms with Crippen LogP contribution in [-0.2, 0) is 0 Å². The Morgan fingerprint density at radius 2 is 1.91 bits per heavy atom. The summed E-state index contributed by atoms with van der Waals surface area (Å²) in [5.74, 6) is 1.27. The van der Waals surface area contributed by atoms with Crippen LogP contribution < -0.4 is 5.73 Å². The maximum Gasteiger partial charge on any atom is 0.0540 e. The number of rotatable bonds is 2. The second-order valence-corrected chi connectivity index (χ2v) is 3.76. The molecule has 0 bridgehead atoms. The molecule has 0 aromatic heterocycles. The molecule has 0 aromatic carbocycles. The molecular formula is C9H19NO. The molecule has 2 heteroatoms. The Balaban J connectivity index is 2.24. The number of hydrogen-bond donors (Lipinski definition) is 2. The molecule has 0 aliphatic heterocycles. The zero-order valence-corrected chi connectivity index (χ0v) is 7.29. The lowest BCUT2D eigenvalue weighted by atomic mass is 9.80. The van der Waals surface area contributed by atoms with Crippen LogP contribution >= 0.6 is 0 Å². The second kappa shape index (κ2) is 4.07. The fraction of sp³-hybridized carbons (Fsp3) is 1.00. The van der Waals surface area contributed by atoms with Crippen LogP contribution in [-0.4, -0.2) is 17.8 Å². The van der Waals surface area contributed by atoms with Gasteiger partial charge in [0, 0.05) is 0 Å². The van der Waals surface area contributed by atoms with Gasteiger partial charge in [0.1, 0.15) is 0 Å². The molecule has 1 aliphatic rings. The van der Waals surface area contributed by atoms with Crippen molar-refractivity contribution in [2.75, 3.05) is 6.54 Å². The summed E-state index contributed by atoms with van der Waals surface area (Å²) in [6.45, 7) is 2.72. The first-order valence-corrected chi connectivity index (χ1v) is 4.62. The lowest BCUT2D eigenvalue weighted by Crippen LogP contribution is -2.26. The Bertz CT molecular complexity index is 106. The van der Waals surface area contributed by atoms with Crippen molar-refractivity contribution in [1.82, 2.24) is 0 Å². The highest BCUT2D eigenvalue weighted by Crippen LogP contribution is 2.29. The third kappa shape index (κ3) is 2.46. The van der Waals surface area contributed by atoms with Crippen molar-refractivity contribution < 1.29 is 5.11 Å². The van der Waals surface area contributed by atoms with Crippen LogP contribution in [0.5, 0.6) is 0 Å². The van der Waals surface area contributed by atoms with E-state index in [9.17, 15) is 5.11 Å². The van der Waals surface area contributed by atoms with Crippen molar-refractivity contribution in [1.29, 1.82) is 0 Å². The van der Waals surface area contributed by atoms with E-state index in [0.29, 0.717) is 5.92 Å². The average Bonchev–Trinajstić information content (AvgIpc) is 2.05. The largest absolute Gasteiger partial charge is 0.393 e. The molecule has 1 fully saturated rings. The lowest BCUT2D eigenvalue weighted by molar-refractivity contribution is 0.0896. The third-order valence-electron chi connectivity index (χ3n) is 2.91. The summed E-state index contributed by atoms with van der Waals surface area (Å²) in [5.41, 5.74) is 5.56. The Labute approximate surface area is 68.8 Å². The molecule has 0 saturated heterocycles. The molecule has 0 amide bonds. The van der Waals surface area contributed by atoms with Crippen molar-refractivity contribution in [2.24, 2.45) is 17.6 Å². The number of aliphatic hydroxyl groups is 1. The maximum atomic E-state index is 9.30. The van der Waals surface area contributed by atoms with Crippen molar-refractivity contribution in [2.45, 2.75) is 38.7 Å². The lowest BCUT2D eigenvalue weighted by Gasteiger charge is -2.29. The molecule has 3 N–H and O–H groups in total. The molecule has 0 unspecified atom stereocenters. The van der Waals surface area contributed by atoms with Gasteiger partial charge < -0.3 is 10.8 Å². The Morgan fingerprint density at radius 3 is 2.27 bits per heavy atom. The normalized spacial score (nSPS) is 35.2. The fourth-order valence-corrected chi connectivity index (χ4v) is 1.91. The van der Waals surface area contributed by atoms with E-state index in [1.807, 2.05) is 6.92 Å². The summed E-state index contributed by atoms with van der Waals surface area (Å²) in [4.78, 5) is 0. The minimum absolute atomic E-state index is 0.117. The smallest absolute Gasteiger partial charge is 0.0540 e. The zero-order valence-electron chi connectivity index (χ0n) is 7.29. The van der Waals surface area contributed by atoms with Crippen molar-refractivity contribution >= 4 is 0 Å². The summed E-state index contributed by atoms with van der Waals surface area (Å²) in [6, 6.07) is 0. The molecule has 1 rings (SSSR count). The van der Waals surface area contributed by atoms with Crippen LogP contribution in [0.3, 0.4) is 0 Å². The molecule has 1 saturated carbocycles. The van der Waals surface area contributed by atoms with Crippen LogP contribution in [0.1, 0.15) is 32.6 Å². The maximum absolute atomic E-state index is 9.30. The van der Waals surface area contributed by atoms with E-state index < -0.39 is 0 Å². The van der Waals surface area contributed by atoms with E-state index in [0.717, 1.165) is 12.5 Å². The van der Waals surface area contributed by atoms with Crippen molar-refractivity contribution in [3.8, 4) is 0 Å². The molecule has 1 atom stereocenters. The second-order valence-electron chi connectivity index (χ2n) is 3.76. The van der Waals surface area contributed by atoms with Crippen LogP contribution in [0.25, 0.3) is 0 Å². The van der Waals surface area contributed by atoms with Gasteiger partial charge in [-0.1, -0.05) is 0 Å². The monoisotopic (exact) mass is 157 g/mol. The molecule has 2 nitrogen and oxygen atoms in total. The summed E-state index contributed by atoms with van der Waals surface area (Å²) in [7, 11) is 0. The van der Waals surface area contributed by atoms with Crippen molar-refractivity contribution in [3.63, 3.8) is 0 Å². The predicted octanol–water partition coefficient (Wildman–Crippen LogP) is 1.13. The minimum Gasteiger partial charge on any atom is -0.393 e. The van der Waals surface area contributed by atoms with Gasteiger partial charge in [0.2, 0.25) is 0 Å². The molecule has 1 aliphatic carbocycles. The molecule has 66 valence electrons. The van der Waals surface area contributed by atoms with Gasteiger partial charge in [-0.05, 0) is 51.0 Å². The van der Waals surface area contributed by atoms with Gasteiger partial charge >= 0.3 is 0 Å². The molecule has 0 spiro atoms. The van der Waals surface area contributed by atoms with Crippen LogP contribution in [0, 0.1) is 11.8 Å². The Morgan fingerprint density at radius 1 is 1.36 bits per heavy atom. The first-order chi connectivity index (χ1) is 5.24. The van der Waals surface area contributed by atoms with E-state index >= 15 is 0 Å². The van der Waals surface area contributed by atoms with E-state index in [1.165, 1.54) is 25.7 Å². The highest BCUT2D eigenvalue weighted by atomic mass is 16.3. The van der Waals surface area contributed by atoms with Crippen LogP contribution in [0.4, 0.5) is 0 Å². The SMILES string of the molecule is C[C@H](O)C1CCC(CN)CC1. The standard InChI is InChI=1S/C9H19NO/c1-7(11)9-4-2-8(6-10)3-5-9/h7-9,11H,2-6,10H2,1H3/t7-,8?,9?/m0/s1. The summed E-state index contributed by atoms with van der Waals surface area (Å²) in [5, 5.41) is 9.30. The van der Waals surface area contributed by atoms with E-state index in [-0.39, 0.29) is 6.10 Å². The van der Waals surface area contributed by atoms with E-state index in [1.54, 1.807) is 0 Å². The van der Waals surface area contributed by atoms with Gasteiger partial charge in [-0.2, -0.15) is 0 Å². The molecule has 0 heterocycles. The van der Waals surface area contributed by atoms with Gasteiger partial charge in [0.25, 0.3) is 0 Å². The van der Waals surface area contributed by atoms with Gasteiger partial charge in [-0.25, -0.2) is 0 Å². The van der Waals surface area contributed by atoms with Gasteiger partial charge in [0.15, 0.2) is 0 Å². The van der Waals surface area contributed by atoms with Gasteiger partial charge in [-0.15, -0.1) is 0 Å². The number of aliphatic hydroxyl groups excluding tert-OH is 1. The summed E-state index contributed by atoms with van der Waals surface area (Å²) >= 11 is 0. The summed E-state index contributed by atoms with van der Waals surface area (Å²) < 4.78 is 0. The average molecular weight is 157 g/mol. The molecule has 0 radical (unpaired) electrons. The predicted molar refractivity (Wildman–Crippen MR) is 46.2 cm³/mol. The van der Waals surface area contributed by atoms with E-state index in [2.05, 4.69) is 0 Å². The summed E-state index contributed by atoms with van der Waals surface area (Å²) in [6.07, 6.45) is 4.64. The van der Waals surface area contributed by atoms with Crippen LogP contribution in [0.15, 0.2) is 0 Å². The highest BCUT2D eigenvalue weighted by molar-refractivity contribution is 4.75. The Kier molecular flexibility index (Phi) is 3.34. The first kappa shape index (κ1) is 9.01. The van der Waals surface area contributed by atoms with Crippen LogP contribution in [0.2, 0.25) is 0 Å². The fourth-order valence-electron chi connectivity index (χ4n) is 1.91. The number of hydrogen-bond acceptors (Lipinski definition) is 2. The number of nitrogens with two attached hydrogens (primary N) is 1. The molecular weight excluding hydrogens is 138 g/mol. The van der Waals surface area contributed by atoms with Gasteiger partial charge in [0.05, 0.1) is 6.10 Å². The first-order valence-electron chi connectivity index (χ1n) is 4.62. The quantitative estimate of drug-likeness (QED) is 0.631. The molecule has 11 heavy (non-hydrogen) atoms. The van der Waals surface area contributed by atoms with Crippen molar-refractivity contribution in [3.05, 3.63) is 0 Å². The Hall–Kier alpha value is -0.0800. The topological polar surface area (TPSA) is 46.2 Å². The van der Waals surface area contributed by atoms with Gasteiger partial charge in [-0.3, -0.25) is 0 Å². The third-order valence-corrected chi connectivity index (χ3v) is 2.91.